The Morgan fingerprint density at radius 1 is 1.20 bits per heavy atom. The second-order valence-corrected chi connectivity index (χ2v) is 6.31. The Morgan fingerprint density at radius 3 is 2.92 bits per heavy atom. The minimum absolute atomic E-state index is 0.183. The van der Waals surface area contributed by atoms with Gasteiger partial charge in [-0.05, 0) is 30.2 Å². The van der Waals surface area contributed by atoms with Crippen molar-refractivity contribution in [2.24, 2.45) is 0 Å². The molecule has 0 atom stereocenters. The van der Waals surface area contributed by atoms with E-state index < -0.39 is 0 Å². The van der Waals surface area contributed by atoms with Gasteiger partial charge in [0.2, 0.25) is 5.91 Å². The molecule has 2 aromatic heterocycles. The molecule has 1 amide bonds. The number of imidazole rings is 1. The van der Waals surface area contributed by atoms with Crippen LogP contribution in [-0.4, -0.2) is 33.8 Å². The van der Waals surface area contributed by atoms with Crippen molar-refractivity contribution in [2.75, 3.05) is 13.7 Å². The maximum absolute atomic E-state index is 12.7. The molecule has 4 rings (SSSR count). The van der Waals surface area contributed by atoms with Crippen molar-refractivity contribution in [3.63, 3.8) is 0 Å². The van der Waals surface area contributed by atoms with E-state index >= 15 is 0 Å². The summed E-state index contributed by atoms with van der Waals surface area (Å²) in [5.74, 6) is 1.03. The third kappa shape index (κ3) is 2.97. The molecule has 1 aliphatic rings. The molecule has 0 unspecified atom stereocenters. The quantitative estimate of drug-likeness (QED) is 0.736. The van der Waals surface area contributed by atoms with Crippen LogP contribution in [0.15, 0.2) is 48.7 Å². The number of methoxy groups -OCH3 is 1. The van der Waals surface area contributed by atoms with Crippen LogP contribution in [0.3, 0.4) is 0 Å². The van der Waals surface area contributed by atoms with Gasteiger partial charge in [-0.25, -0.2) is 4.98 Å². The van der Waals surface area contributed by atoms with Crippen LogP contribution in [0.4, 0.5) is 0 Å². The second-order valence-electron chi connectivity index (χ2n) is 6.31. The monoisotopic (exact) mass is 335 g/mol. The third-order valence-corrected chi connectivity index (χ3v) is 4.82. The molecule has 0 fully saturated rings. The highest BCUT2D eigenvalue weighted by molar-refractivity contribution is 5.77. The van der Waals surface area contributed by atoms with Crippen molar-refractivity contribution >= 4 is 11.6 Å². The first-order valence-electron chi connectivity index (χ1n) is 8.61. The molecule has 0 bridgehead atoms. The van der Waals surface area contributed by atoms with Crippen molar-refractivity contribution in [3.05, 3.63) is 65.6 Å². The highest BCUT2D eigenvalue weighted by Crippen LogP contribution is 2.23. The summed E-state index contributed by atoms with van der Waals surface area (Å²) in [6.07, 6.45) is 4.02. The molecule has 3 aromatic rings. The lowest BCUT2D eigenvalue weighted by atomic mass is 10.1. The standard InChI is InChI=1S/C20H21N3O2/c1-25-18-7-3-2-6-15(18)9-10-20(24)22-13-11-16-17(14-22)23-12-5-4-8-19(23)21-16/h2-8,12H,9-11,13-14H2,1H3. The van der Waals surface area contributed by atoms with Crippen LogP contribution >= 0.6 is 0 Å². The van der Waals surface area contributed by atoms with Crippen LogP contribution in [0.1, 0.15) is 23.4 Å². The number of aryl methyl sites for hydroxylation is 1. The van der Waals surface area contributed by atoms with Crippen LogP contribution in [0.2, 0.25) is 0 Å². The van der Waals surface area contributed by atoms with Gasteiger partial charge in [0.1, 0.15) is 11.4 Å². The predicted octanol–water partition coefficient (Wildman–Crippen LogP) is 2.86. The molecule has 0 saturated heterocycles. The molecule has 1 aliphatic heterocycles. The van der Waals surface area contributed by atoms with Crippen molar-refractivity contribution in [1.82, 2.24) is 14.3 Å². The lowest BCUT2D eigenvalue weighted by Crippen LogP contribution is -2.36. The number of nitrogens with zero attached hydrogens (tertiary/aromatic N) is 3. The topological polar surface area (TPSA) is 46.8 Å². The summed E-state index contributed by atoms with van der Waals surface area (Å²) in [6.45, 7) is 1.37. The summed E-state index contributed by atoms with van der Waals surface area (Å²) in [5, 5.41) is 0. The number of aromatic nitrogens is 2. The number of amides is 1. The molecule has 5 nitrogen and oxygen atoms in total. The molecular weight excluding hydrogens is 314 g/mol. The van der Waals surface area contributed by atoms with E-state index in [9.17, 15) is 4.79 Å². The zero-order valence-corrected chi connectivity index (χ0v) is 14.3. The third-order valence-electron chi connectivity index (χ3n) is 4.82. The smallest absolute Gasteiger partial charge is 0.223 e. The van der Waals surface area contributed by atoms with E-state index in [2.05, 4.69) is 9.38 Å². The minimum Gasteiger partial charge on any atom is -0.496 e. The average molecular weight is 335 g/mol. The SMILES string of the molecule is COc1ccccc1CCC(=O)N1CCc2nc3ccccn3c2C1. The molecule has 128 valence electrons. The van der Waals surface area contributed by atoms with E-state index in [0.29, 0.717) is 19.4 Å². The van der Waals surface area contributed by atoms with Crippen molar-refractivity contribution < 1.29 is 9.53 Å². The van der Waals surface area contributed by atoms with E-state index in [-0.39, 0.29) is 5.91 Å². The van der Waals surface area contributed by atoms with Gasteiger partial charge in [0.05, 0.1) is 25.0 Å². The number of benzene rings is 1. The fourth-order valence-electron chi connectivity index (χ4n) is 3.49. The summed E-state index contributed by atoms with van der Waals surface area (Å²) >= 11 is 0. The molecule has 3 heterocycles. The van der Waals surface area contributed by atoms with Crippen molar-refractivity contribution in [2.45, 2.75) is 25.8 Å². The first kappa shape index (κ1) is 15.7. The van der Waals surface area contributed by atoms with Gasteiger partial charge >= 0.3 is 0 Å². The number of para-hydroxylation sites is 1. The Kier molecular flexibility index (Phi) is 4.14. The largest absolute Gasteiger partial charge is 0.496 e. The van der Waals surface area contributed by atoms with Crippen LogP contribution in [0, 0.1) is 0 Å². The Hall–Kier alpha value is -2.82. The lowest BCUT2D eigenvalue weighted by Gasteiger charge is -2.27. The fourth-order valence-corrected chi connectivity index (χ4v) is 3.49. The number of fused-ring (bicyclic) bond motifs is 3. The second kappa shape index (κ2) is 6.59. The van der Waals surface area contributed by atoms with Gasteiger partial charge in [-0.1, -0.05) is 24.3 Å². The summed E-state index contributed by atoms with van der Waals surface area (Å²) in [5.41, 5.74) is 4.27. The van der Waals surface area contributed by atoms with E-state index in [1.807, 2.05) is 53.6 Å². The highest BCUT2D eigenvalue weighted by Gasteiger charge is 2.24. The fraction of sp³-hybridized carbons (Fsp3) is 0.300. The van der Waals surface area contributed by atoms with Crippen LogP contribution in [-0.2, 0) is 24.2 Å². The summed E-state index contributed by atoms with van der Waals surface area (Å²) in [4.78, 5) is 19.3. The first-order chi connectivity index (χ1) is 12.3. The number of carbonyl (C=O) groups excluding carboxylic acids is 1. The van der Waals surface area contributed by atoms with Gasteiger partial charge in [0, 0.05) is 25.6 Å². The van der Waals surface area contributed by atoms with E-state index in [4.69, 9.17) is 4.74 Å². The number of hydrogen-bond donors (Lipinski definition) is 0. The molecular formula is C20H21N3O2. The molecule has 0 aliphatic carbocycles. The molecule has 0 radical (unpaired) electrons. The van der Waals surface area contributed by atoms with Gasteiger partial charge in [0.25, 0.3) is 0 Å². The van der Waals surface area contributed by atoms with E-state index in [1.54, 1.807) is 7.11 Å². The number of ether oxygens (including phenoxy) is 1. The van der Waals surface area contributed by atoms with Gasteiger partial charge in [-0.2, -0.15) is 0 Å². The number of carbonyl (C=O) groups is 1. The lowest BCUT2D eigenvalue weighted by molar-refractivity contribution is -0.132. The molecule has 25 heavy (non-hydrogen) atoms. The molecule has 5 heteroatoms. The Bertz CT molecular complexity index is 916. The first-order valence-corrected chi connectivity index (χ1v) is 8.61. The molecule has 0 spiro atoms. The van der Waals surface area contributed by atoms with E-state index in [0.717, 1.165) is 41.3 Å². The summed E-state index contributed by atoms with van der Waals surface area (Å²) in [6, 6.07) is 13.9. The number of rotatable bonds is 4. The van der Waals surface area contributed by atoms with Gasteiger partial charge in [-0.3, -0.25) is 4.79 Å². The van der Waals surface area contributed by atoms with Crippen LogP contribution in [0.5, 0.6) is 5.75 Å². The molecule has 1 aromatic carbocycles. The Labute approximate surface area is 146 Å². The van der Waals surface area contributed by atoms with Gasteiger partial charge in [-0.15, -0.1) is 0 Å². The summed E-state index contributed by atoms with van der Waals surface area (Å²) in [7, 11) is 1.66. The van der Waals surface area contributed by atoms with Crippen LogP contribution < -0.4 is 4.74 Å². The number of pyridine rings is 1. The molecule has 0 saturated carbocycles. The zero-order valence-electron chi connectivity index (χ0n) is 14.3. The minimum atomic E-state index is 0.183. The average Bonchev–Trinajstić information content (AvgIpc) is 3.04. The zero-order chi connectivity index (χ0) is 17.2. The van der Waals surface area contributed by atoms with Crippen LogP contribution in [0.25, 0.3) is 5.65 Å². The molecule has 0 N–H and O–H groups in total. The number of hydrogen-bond acceptors (Lipinski definition) is 3. The van der Waals surface area contributed by atoms with E-state index in [1.165, 1.54) is 0 Å². The predicted molar refractivity (Wildman–Crippen MR) is 95.6 cm³/mol. The Balaban J connectivity index is 1.47. The maximum atomic E-state index is 12.7. The van der Waals surface area contributed by atoms with Gasteiger partial charge in [0.15, 0.2) is 0 Å². The summed E-state index contributed by atoms with van der Waals surface area (Å²) < 4.78 is 7.46. The van der Waals surface area contributed by atoms with Gasteiger partial charge < -0.3 is 14.0 Å². The Morgan fingerprint density at radius 2 is 2.04 bits per heavy atom. The highest BCUT2D eigenvalue weighted by atomic mass is 16.5. The van der Waals surface area contributed by atoms with Crippen molar-refractivity contribution in [1.29, 1.82) is 0 Å². The normalized spacial score (nSPS) is 13.7. The maximum Gasteiger partial charge on any atom is 0.223 e. The van der Waals surface area contributed by atoms with Crippen molar-refractivity contribution in [3.8, 4) is 5.75 Å².